The summed E-state index contributed by atoms with van der Waals surface area (Å²) < 4.78 is 47.5. The molecular formula is C38H46N4O11S. The Labute approximate surface area is 318 Å². The lowest BCUT2D eigenvalue weighted by atomic mass is 9.71. The van der Waals surface area contributed by atoms with Crippen LogP contribution in [-0.2, 0) is 30.2 Å². The molecule has 2 saturated heterocycles. The third-order valence-corrected chi connectivity index (χ3v) is 12.1. The zero-order valence-electron chi connectivity index (χ0n) is 31.9. The standard InChI is InChI=1S/C38H46N4O11S/c1-17-10-20-11-22-23(12-39)42-24-13-48-36(44)21(40-37(45)53-38(4,5)6)14-54-35(27-26(24)34-32(50-16-51-34)18(2)31(27)52-19(3)43)29(42)28(41(22)7)25(20)33(30(17)47-9)49-15-46-8/h10,21-24,28-29,35H,11,13-16H2,1-9H3,(H,40,45)/t21?,22-,23-,24+,28+,29?,35+/m0/s1. The number of alkyl carbamates (subject to hydrolysis) is 1. The molecule has 1 N–H and O–H groups in total. The highest BCUT2D eigenvalue weighted by Gasteiger charge is 2.61. The normalized spacial score (nSPS) is 27.0. The van der Waals surface area contributed by atoms with Crippen molar-refractivity contribution in [2.24, 2.45) is 0 Å². The Morgan fingerprint density at radius 1 is 1.07 bits per heavy atom. The van der Waals surface area contributed by atoms with Crippen molar-refractivity contribution in [2.45, 2.75) is 95.1 Å². The lowest BCUT2D eigenvalue weighted by Crippen LogP contribution is -2.69. The van der Waals surface area contributed by atoms with E-state index in [9.17, 15) is 19.6 Å². The molecule has 2 fully saturated rings. The number of methoxy groups -OCH3 is 2. The molecule has 54 heavy (non-hydrogen) atoms. The number of ether oxygens (including phenoxy) is 8. The van der Waals surface area contributed by atoms with E-state index in [1.54, 1.807) is 35.0 Å². The lowest BCUT2D eigenvalue weighted by Gasteiger charge is -2.61. The van der Waals surface area contributed by atoms with E-state index in [1.807, 2.05) is 20.9 Å². The highest BCUT2D eigenvalue weighted by molar-refractivity contribution is 7.99. The van der Waals surface area contributed by atoms with Gasteiger partial charge in [0.15, 0.2) is 29.8 Å². The topological polar surface area (TPSA) is 167 Å². The van der Waals surface area contributed by atoms with Crippen LogP contribution in [0.1, 0.15) is 78.4 Å². The van der Waals surface area contributed by atoms with Crippen LogP contribution in [0.2, 0.25) is 0 Å². The first-order chi connectivity index (χ1) is 25.7. The number of carbonyl (C=O) groups excluding carboxylic acids is 3. The number of thioether (sulfide) groups is 1. The molecule has 0 aromatic heterocycles. The summed E-state index contributed by atoms with van der Waals surface area (Å²) in [6.45, 7) is 10.0. The maximum atomic E-state index is 13.8. The first-order valence-electron chi connectivity index (χ1n) is 17.8. The Morgan fingerprint density at radius 2 is 1.81 bits per heavy atom. The third kappa shape index (κ3) is 6.24. The fourth-order valence-corrected chi connectivity index (χ4v) is 10.3. The minimum atomic E-state index is -1.09. The molecule has 2 unspecified atom stereocenters. The fraction of sp³-hybridized carbons (Fsp3) is 0.579. The van der Waals surface area contributed by atoms with E-state index in [-0.39, 0.29) is 32.0 Å². The number of hydrogen-bond acceptors (Lipinski definition) is 15. The molecule has 7 atom stereocenters. The molecular weight excluding hydrogens is 721 g/mol. The molecule has 5 aliphatic heterocycles. The summed E-state index contributed by atoms with van der Waals surface area (Å²) in [4.78, 5) is 44.1. The van der Waals surface area contributed by atoms with E-state index in [0.717, 1.165) is 16.7 Å². The van der Waals surface area contributed by atoms with Gasteiger partial charge in [-0.1, -0.05) is 6.07 Å². The summed E-state index contributed by atoms with van der Waals surface area (Å²) in [5, 5.41) is 13.2. The van der Waals surface area contributed by atoms with Crippen molar-refractivity contribution < 1.29 is 52.3 Å². The van der Waals surface area contributed by atoms with Crippen molar-refractivity contribution in [1.82, 2.24) is 15.1 Å². The molecule has 0 aliphatic carbocycles. The largest absolute Gasteiger partial charge is 0.493 e. The fourth-order valence-electron chi connectivity index (χ4n) is 8.76. The highest BCUT2D eigenvalue weighted by atomic mass is 32.2. The number of esters is 2. The number of piperazine rings is 1. The number of nitrogens with zero attached hydrogens (tertiary/aromatic N) is 3. The van der Waals surface area contributed by atoms with Crippen LogP contribution < -0.4 is 29.0 Å². The molecule has 2 aromatic carbocycles. The Kier molecular flexibility index (Phi) is 10.1. The summed E-state index contributed by atoms with van der Waals surface area (Å²) in [6, 6.07) is 1.01. The monoisotopic (exact) mass is 766 g/mol. The van der Waals surface area contributed by atoms with Gasteiger partial charge < -0.3 is 43.2 Å². The number of nitriles is 1. The van der Waals surface area contributed by atoms with Crippen LogP contribution in [0.3, 0.4) is 0 Å². The second kappa shape index (κ2) is 14.3. The van der Waals surface area contributed by atoms with Gasteiger partial charge >= 0.3 is 18.0 Å². The lowest BCUT2D eigenvalue weighted by molar-refractivity contribution is -0.151. The number of aryl methyl sites for hydroxylation is 1. The molecule has 4 bridgehead atoms. The number of amides is 1. The molecule has 15 nitrogen and oxygen atoms in total. The van der Waals surface area contributed by atoms with Crippen LogP contribution >= 0.6 is 11.8 Å². The summed E-state index contributed by atoms with van der Waals surface area (Å²) in [5.74, 6) is 1.18. The van der Waals surface area contributed by atoms with Crippen molar-refractivity contribution in [3.05, 3.63) is 39.4 Å². The number of benzene rings is 2. The Bertz CT molecular complexity index is 1930. The van der Waals surface area contributed by atoms with Gasteiger partial charge in [0.25, 0.3) is 0 Å². The SMILES string of the molecule is COCOc1c(OC)c(C)cc2c1[C@@H]1C3[C@@H]4SCC(NC(=O)OC(C)(C)C)C(=O)OC[C@H](c5c6c(c(C)c(OC(C)=O)c54)OCO6)N3[C@@H](C#N)[C@H](C2)N1C. The molecule has 290 valence electrons. The van der Waals surface area contributed by atoms with Crippen LogP contribution in [-0.4, -0.2) is 105 Å². The molecule has 1 amide bonds. The molecule has 2 aromatic rings. The van der Waals surface area contributed by atoms with Crippen molar-refractivity contribution in [2.75, 3.05) is 47.2 Å². The average Bonchev–Trinajstić information content (AvgIpc) is 3.59. The predicted octanol–water partition coefficient (Wildman–Crippen LogP) is 4.40. The van der Waals surface area contributed by atoms with Crippen molar-refractivity contribution in [3.63, 3.8) is 0 Å². The summed E-state index contributed by atoms with van der Waals surface area (Å²) in [6.07, 6.45) is -0.232. The van der Waals surface area contributed by atoms with Crippen molar-refractivity contribution >= 4 is 29.8 Å². The quantitative estimate of drug-likeness (QED) is 0.249. The second-order valence-electron chi connectivity index (χ2n) is 15.1. The average molecular weight is 767 g/mol. The molecule has 0 spiro atoms. The van der Waals surface area contributed by atoms with Crippen LogP contribution in [0.4, 0.5) is 4.79 Å². The third-order valence-electron chi connectivity index (χ3n) is 10.7. The maximum absolute atomic E-state index is 13.8. The maximum Gasteiger partial charge on any atom is 0.408 e. The smallest absolute Gasteiger partial charge is 0.408 e. The van der Waals surface area contributed by atoms with E-state index >= 15 is 0 Å². The van der Waals surface area contributed by atoms with Gasteiger partial charge in [-0.25, -0.2) is 9.59 Å². The van der Waals surface area contributed by atoms with Crippen molar-refractivity contribution in [3.8, 4) is 34.8 Å². The number of hydrogen-bond donors (Lipinski definition) is 1. The molecule has 7 rings (SSSR count). The van der Waals surface area contributed by atoms with Crippen molar-refractivity contribution in [1.29, 1.82) is 5.26 Å². The number of rotatable bonds is 6. The number of nitrogens with one attached hydrogen (secondary N) is 1. The van der Waals surface area contributed by atoms with E-state index < -0.39 is 59.1 Å². The van der Waals surface area contributed by atoms with Crippen LogP contribution in [0, 0.1) is 25.2 Å². The Balaban J connectivity index is 1.49. The van der Waals surface area contributed by atoms with Gasteiger partial charge in [0.05, 0.1) is 30.5 Å². The van der Waals surface area contributed by atoms with E-state index in [4.69, 9.17) is 37.9 Å². The zero-order chi connectivity index (χ0) is 38.8. The van der Waals surface area contributed by atoms with E-state index in [1.165, 1.54) is 18.7 Å². The number of carbonyl (C=O) groups is 3. The second-order valence-corrected chi connectivity index (χ2v) is 16.3. The van der Waals surface area contributed by atoms with Gasteiger partial charge in [-0.2, -0.15) is 5.26 Å². The molecule has 0 radical (unpaired) electrons. The zero-order valence-corrected chi connectivity index (χ0v) is 32.7. The van der Waals surface area contributed by atoms with Gasteiger partial charge in [-0.05, 0) is 59.2 Å². The highest BCUT2D eigenvalue weighted by Crippen LogP contribution is 2.64. The minimum Gasteiger partial charge on any atom is -0.493 e. The first kappa shape index (κ1) is 37.9. The predicted molar refractivity (Wildman–Crippen MR) is 194 cm³/mol. The Morgan fingerprint density at radius 3 is 2.48 bits per heavy atom. The number of cyclic esters (lactones) is 1. The van der Waals surface area contributed by atoms with Gasteiger partial charge in [0, 0.05) is 54.1 Å². The molecule has 16 heteroatoms. The first-order valence-corrected chi connectivity index (χ1v) is 18.9. The summed E-state index contributed by atoms with van der Waals surface area (Å²) in [5.41, 5.74) is 3.86. The number of fused-ring (bicyclic) bond motifs is 9. The van der Waals surface area contributed by atoms with Crippen LogP contribution in [0.5, 0.6) is 28.7 Å². The minimum absolute atomic E-state index is 0.0296. The molecule has 0 saturated carbocycles. The van der Waals surface area contributed by atoms with E-state index in [2.05, 4.69) is 27.3 Å². The van der Waals surface area contributed by atoms with Gasteiger partial charge in [0.2, 0.25) is 6.79 Å². The Hall–Kier alpha value is -4.43. The van der Waals surface area contributed by atoms with Gasteiger partial charge in [0.1, 0.15) is 30.0 Å². The van der Waals surface area contributed by atoms with E-state index in [0.29, 0.717) is 51.9 Å². The van der Waals surface area contributed by atoms with Gasteiger partial charge in [-0.15, -0.1) is 11.8 Å². The van der Waals surface area contributed by atoms with Crippen LogP contribution in [0.25, 0.3) is 0 Å². The molecule has 5 heterocycles. The summed E-state index contributed by atoms with van der Waals surface area (Å²) in [7, 11) is 5.16. The number of likely N-dealkylation sites (N-methyl/N-ethyl adjacent to an activating group) is 1. The van der Waals surface area contributed by atoms with Gasteiger partial charge in [-0.3, -0.25) is 14.6 Å². The summed E-state index contributed by atoms with van der Waals surface area (Å²) >= 11 is 1.39. The van der Waals surface area contributed by atoms with Crippen LogP contribution in [0.15, 0.2) is 6.07 Å². The molecule has 5 aliphatic rings.